The molecule has 114 valence electrons. The third kappa shape index (κ3) is 3.38. The Bertz CT molecular complexity index is 497. The van der Waals surface area contributed by atoms with Crippen molar-refractivity contribution in [2.45, 2.75) is 51.1 Å². The van der Waals surface area contributed by atoms with E-state index in [1.807, 2.05) is 31.2 Å². The van der Waals surface area contributed by atoms with Crippen LogP contribution in [0.2, 0.25) is 0 Å². The number of carbonyl (C=O) groups excluding carboxylic acids is 1. The Labute approximate surface area is 126 Å². The van der Waals surface area contributed by atoms with E-state index in [4.69, 9.17) is 0 Å². The van der Waals surface area contributed by atoms with Gasteiger partial charge in [0.25, 0.3) is 0 Å². The van der Waals surface area contributed by atoms with Crippen molar-refractivity contribution in [3.05, 3.63) is 29.8 Å². The molecular weight excluding hydrogens is 262 g/mol. The van der Waals surface area contributed by atoms with Gasteiger partial charge < -0.3 is 15.5 Å². The molecule has 2 atom stereocenters. The molecule has 0 spiro atoms. The molecule has 2 amide bonds. The summed E-state index contributed by atoms with van der Waals surface area (Å²) in [4.78, 5) is 14.7. The zero-order valence-electron chi connectivity index (χ0n) is 12.8. The number of hydrogen-bond donors (Lipinski definition) is 2. The van der Waals surface area contributed by atoms with Gasteiger partial charge in [-0.05, 0) is 63.3 Å². The standard InChI is InChI=1S/C17H25N3O/c1-13-6-4-7-14(12-13)19-17(21)20-11-3-2-9-16(20)15-8-5-10-18-15/h4,6-7,12,15-16,18H,2-3,5,8-11H2,1H3,(H,19,21). The van der Waals surface area contributed by atoms with Gasteiger partial charge >= 0.3 is 6.03 Å². The molecular formula is C17H25N3O. The first-order valence-electron chi connectivity index (χ1n) is 8.12. The largest absolute Gasteiger partial charge is 0.322 e. The summed E-state index contributed by atoms with van der Waals surface area (Å²) in [6.07, 6.45) is 5.90. The summed E-state index contributed by atoms with van der Waals surface area (Å²) in [7, 11) is 0. The van der Waals surface area contributed by atoms with Crippen LogP contribution in [0.15, 0.2) is 24.3 Å². The first-order valence-corrected chi connectivity index (χ1v) is 8.12. The summed E-state index contributed by atoms with van der Waals surface area (Å²) in [5, 5.41) is 6.63. The first-order chi connectivity index (χ1) is 10.2. The Morgan fingerprint density at radius 2 is 2.19 bits per heavy atom. The summed E-state index contributed by atoms with van der Waals surface area (Å²) >= 11 is 0. The van der Waals surface area contributed by atoms with Crippen LogP contribution in [0.4, 0.5) is 10.5 Å². The average Bonchev–Trinajstić information content (AvgIpc) is 3.01. The van der Waals surface area contributed by atoms with Crippen LogP contribution < -0.4 is 10.6 Å². The molecule has 4 heteroatoms. The van der Waals surface area contributed by atoms with E-state index in [9.17, 15) is 4.79 Å². The summed E-state index contributed by atoms with van der Waals surface area (Å²) < 4.78 is 0. The second-order valence-electron chi connectivity index (χ2n) is 6.26. The fourth-order valence-electron chi connectivity index (χ4n) is 3.59. The molecule has 0 aromatic heterocycles. The van der Waals surface area contributed by atoms with E-state index in [-0.39, 0.29) is 6.03 Å². The van der Waals surface area contributed by atoms with Crippen molar-refractivity contribution >= 4 is 11.7 Å². The molecule has 21 heavy (non-hydrogen) atoms. The van der Waals surface area contributed by atoms with Crippen LogP contribution >= 0.6 is 0 Å². The predicted molar refractivity (Wildman–Crippen MR) is 85.6 cm³/mol. The van der Waals surface area contributed by atoms with Crippen molar-refractivity contribution in [2.75, 3.05) is 18.4 Å². The molecule has 3 rings (SSSR count). The van der Waals surface area contributed by atoms with Crippen LogP contribution in [0.25, 0.3) is 0 Å². The maximum absolute atomic E-state index is 12.6. The van der Waals surface area contributed by atoms with Gasteiger partial charge in [-0.15, -0.1) is 0 Å². The van der Waals surface area contributed by atoms with Gasteiger partial charge in [0, 0.05) is 24.3 Å². The Morgan fingerprint density at radius 1 is 1.29 bits per heavy atom. The van der Waals surface area contributed by atoms with Gasteiger partial charge in [-0.25, -0.2) is 4.79 Å². The molecule has 1 aromatic carbocycles. The minimum atomic E-state index is 0.0546. The molecule has 0 radical (unpaired) electrons. The number of nitrogens with one attached hydrogen (secondary N) is 2. The van der Waals surface area contributed by atoms with Gasteiger partial charge in [-0.2, -0.15) is 0 Å². The number of piperidine rings is 1. The minimum absolute atomic E-state index is 0.0546. The molecule has 0 bridgehead atoms. The number of nitrogens with zero attached hydrogens (tertiary/aromatic N) is 1. The third-order valence-electron chi connectivity index (χ3n) is 4.64. The number of urea groups is 1. The molecule has 2 heterocycles. The predicted octanol–water partition coefficient (Wildman–Crippen LogP) is 3.13. The number of amides is 2. The molecule has 1 aromatic rings. The molecule has 2 aliphatic heterocycles. The van der Waals surface area contributed by atoms with Gasteiger partial charge in [0.05, 0.1) is 0 Å². The van der Waals surface area contributed by atoms with E-state index in [0.29, 0.717) is 12.1 Å². The van der Waals surface area contributed by atoms with Crippen molar-refractivity contribution < 1.29 is 4.79 Å². The van der Waals surface area contributed by atoms with Crippen LogP contribution in [0.3, 0.4) is 0 Å². The monoisotopic (exact) mass is 287 g/mol. The first kappa shape index (κ1) is 14.4. The highest BCUT2D eigenvalue weighted by Gasteiger charge is 2.34. The number of aryl methyl sites for hydroxylation is 1. The fourth-order valence-corrected chi connectivity index (χ4v) is 3.59. The normalized spacial score (nSPS) is 25.9. The van der Waals surface area contributed by atoms with Gasteiger partial charge in [0.1, 0.15) is 0 Å². The lowest BCUT2D eigenvalue weighted by atomic mass is 9.95. The average molecular weight is 287 g/mol. The van der Waals surface area contributed by atoms with Gasteiger partial charge in [-0.1, -0.05) is 12.1 Å². The van der Waals surface area contributed by atoms with Crippen LogP contribution in [-0.4, -0.2) is 36.1 Å². The second kappa shape index (κ2) is 6.48. The highest BCUT2D eigenvalue weighted by atomic mass is 16.2. The van der Waals surface area contributed by atoms with Crippen molar-refractivity contribution in [2.24, 2.45) is 0 Å². The summed E-state index contributed by atoms with van der Waals surface area (Å²) in [6, 6.07) is 8.89. The van der Waals surface area contributed by atoms with Crippen LogP contribution in [0.1, 0.15) is 37.7 Å². The van der Waals surface area contributed by atoms with Crippen LogP contribution in [-0.2, 0) is 0 Å². The third-order valence-corrected chi connectivity index (χ3v) is 4.64. The van der Waals surface area contributed by atoms with E-state index < -0.39 is 0 Å². The molecule has 2 N–H and O–H groups in total. The van der Waals surface area contributed by atoms with Crippen molar-refractivity contribution in [1.29, 1.82) is 0 Å². The zero-order valence-corrected chi connectivity index (χ0v) is 12.8. The van der Waals surface area contributed by atoms with E-state index >= 15 is 0 Å². The summed E-state index contributed by atoms with van der Waals surface area (Å²) in [5.74, 6) is 0. The van der Waals surface area contributed by atoms with Crippen LogP contribution in [0, 0.1) is 6.92 Å². The number of benzene rings is 1. The van der Waals surface area contributed by atoms with E-state index in [1.54, 1.807) is 0 Å². The number of anilines is 1. The number of rotatable bonds is 2. The Kier molecular flexibility index (Phi) is 4.44. The number of hydrogen-bond acceptors (Lipinski definition) is 2. The van der Waals surface area contributed by atoms with E-state index in [2.05, 4.69) is 15.5 Å². The Morgan fingerprint density at radius 3 is 2.95 bits per heavy atom. The molecule has 2 saturated heterocycles. The quantitative estimate of drug-likeness (QED) is 0.877. The molecule has 0 saturated carbocycles. The molecule has 2 fully saturated rings. The van der Waals surface area contributed by atoms with Gasteiger partial charge in [0.2, 0.25) is 0 Å². The lowest BCUT2D eigenvalue weighted by Gasteiger charge is -2.39. The van der Waals surface area contributed by atoms with Crippen molar-refractivity contribution in [1.82, 2.24) is 10.2 Å². The maximum atomic E-state index is 12.6. The van der Waals surface area contributed by atoms with E-state index in [0.717, 1.165) is 31.6 Å². The van der Waals surface area contributed by atoms with Gasteiger partial charge in [0.15, 0.2) is 0 Å². The molecule has 2 aliphatic rings. The van der Waals surface area contributed by atoms with Crippen molar-refractivity contribution in [3.63, 3.8) is 0 Å². The SMILES string of the molecule is Cc1cccc(NC(=O)N2CCCCC2C2CCCN2)c1. The highest BCUT2D eigenvalue weighted by Crippen LogP contribution is 2.25. The maximum Gasteiger partial charge on any atom is 0.322 e. The highest BCUT2D eigenvalue weighted by molar-refractivity contribution is 5.89. The smallest absolute Gasteiger partial charge is 0.320 e. The minimum Gasteiger partial charge on any atom is -0.320 e. The number of carbonyl (C=O) groups is 1. The molecule has 2 unspecified atom stereocenters. The van der Waals surface area contributed by atoms with Crippen LogP contribution in [0.5, 0.6) is 0 Å². The number of likely N-dealkylation sites (tertiary alicyclic amines) is 1. The van der Waals surface area contributed by atoms with Gasteiger partial charge in [-0.3, -0.25) is 0 Å². The Balaban J connectivity index is 1.68. The topological polar surface area (TPSA) is 44.4 Å². The lowest BCUT2D eigenvalue weighted by molar-refractivity contribution is 0.143. The Hall–Kier alpha value is -1.55. The van der Waals surface area contributed by atoms with Crippen molar-refractivity contribution in [3.8, 4) is 0 Å². The summed E-state index contributed by atoms with van der Waals surface area (Å²) in [6.45, 7) is 4.01. The molecule has 0 aliphatic carbocycles. The van der Waals surface area contributed by atoms with E-state index in [1.165, 1.54) is 24.8 Å². The zero-order chi connectivity index (χ0) is 14.7. The summed E-state index contributed by atoms with van der Waals surface area (Å²) in [5.41, 5.74) is 2.06. The second-order valence-corrected chi connectivity index (χ2v) is 6.26. The lowest BCUT2D eigenvalue weighted by Crippen LogP contribution is -2.53. The molecule has 4 nitrogen and oxygen atoms in total. The fraction of sp³-hybridized carbons (Fsp3) is 0.588.